The molecule has 0 saturated carbocycles. The van der Waals surface area contributed by atoms with Crippen LogP contribution in [0.25, 0.3) is 0 Å². The third-order valence-corrected chi connectivity index (χ3v) is 4.95. The Morgan fingerprint density at radius 2 is 1.88 bits per heavy atom. The monoisotopic (exact) mass is 366 g/mol. The molecule has 26 heavy (non-hydrogen) atoms. The normalized spacial score (nSPS) is 32.3. The van der Waals surface area contributed by atoms with Crippen LogP contribution in [-0.4, -0.2) is 42.1 Å². The fourth-order valence-corrected chi connectivity index (χ4v) is 3.86. The number of fused-ring (bicyclic) bond motifs is 5. The van der Waals surface area contributed by atoms with E-state index in [-0.39, 0.29) is 0 Å². The van der Waals surface area contributed by atoms with Crippen molar-refractivity contribution < 1.29 is 32.3 Å². The number of carbonyl (C=O) groups excluding carboxylic acids is 3. The molecule has 1 aromatic carbocycles. The Labute approximate surface area is 145 Å². The predicted octanol–water partition coefficient (Wildman–Crippen LogP) is 1.18. The van der Waals surface area contributed by atoms with Gasteiger partial charge in [0.05, 0.1) is 30.2 Å². The molecule has 2 fully saturated rings. The maximum Gasteiger partial charge on any atom is 0.471 e. The Bertz CT molecular complexity index is 823. The zero-order chi connectivity index (χ0) is 18.7. The smallest absolute Gasteiger partial charge is 0.360 e. The molecule has 6 nitrogen and oxygen atoms in total. The number of anilines is 1. The summed E-state index contributed by atoms with van der Waals surface area (Å²) < 4.78 is 43.0. The average Bonchev–Trinajstić information content (AvgIpc) is 3.23. The molecule has 1 N–H and O–H groups in total. The number of ether oxygens (including phenoxy) is 1. The van der Waals surface area contributed by atoms with Gasteiger partial charge in [0, 0.05) is 0 Å². The fraction of sp³-hybridized carbons (Fsp3) is 0.353. The first kappa shape index (κ1) is 16.8. The molecule has 3 aliphatic heterocycles. The van der Waals surface area contributed by atoms with Crippen molar-refractivity contribution in [2.45, 2.75) is 17.9 Å². The second-order valence-corrected chi connectivity index (χ2v) is 6.43. The number of hydrogen-bond acceptors (Lipinski definition) is 4. The van der Waals surface area contributed by atoms with Gasteiger partial charge in [-0.05, 0) is 12.1 Å². The average molecular weight is 366 g/mol. The Morgan fingerprint density at radius 1 is 1.19 bits per heavy atom. The van der Waals surface area contributed by atoms with Gasteiger partial charge < -0.3 is 10.1 Å². The van der Waals surface area contributed by atoms with Crippen molar-refractivity contribution in [3.8, 4) is 0 Å². The van der Waals surface area contributed by atoms with Gasteiger partial charge in [0.2, 0.25) is 11.8 Å². The molecule has 0 unspecified atom stereocenters. The third kappa shape index (κ3) is 2.27. The summed E-state index contributed by atoms with van der Waals surface area (Å²) in [5.41, 5.74) is -1.06. The molecule has 136 valence electrons. The molecule has 0 spiro atoms. The van der Waals surface area contributed by atoms with E-state index in [0.717, 1.165) is 4.90 Å². The van der Waals surface area contributed by atoms with Crippen LogP contribution in [0.5, 0.6) is 0 Å². The predicted molar refractivity (Wildman–Crippen MR) is 81.7 cm³/mol. The molecule has 3 amide bonds. The summed E-state index contributed by atoms with van der Waals surface area (Å²) in [5, 5.41) is 1.76. The van der Waals surface area contributed by atoms with Gasteiger partial charge in [0.15, 0.2) is 0 Å². The second kappa shape index (κ2) is 5.41. The Morgan fingerprint density at radius 3 is 2.54 bits per heavy atom. The van der Waals surface area contributed by atoms with Crippen molar-refractivity contribution in [2.75, 3.05) is 11.4 Å². The lowest BCUT2D eigenvalue weighted by Gasteiger charge is -2.29. The van der Waals surface area contributed by atoms with E-state index in [2.05, 4.69) is 0 Å². The van der Waals surface area contributed by atoms with Crippen LogP contribution in [0.1, 0.15) is 0 Å². The first-order valence-electron chi connectivity index (χ1n) is 7.90. The van der Waals surface area contributed by atoms with Crippen molar-refractivity contribution in [3.05, 3.63) is 42.5 Å². The van der Waals surface area contributed by atoms with Crippen LogP contribution in [0.15, 0.2) is 42.5 Å². The molecule has 3 aliphatic rings. The molecule has 1 aromatic rings. The van der Waals surface area contributed by atoms with Crippen LogP contribution in [-0.2, 0) is 19.1 Å². The zero-order valence-corrected chi connectivity index (χ0v) is 13.2. The highest BCUT2D eigenvalue weighted by atomic mass is 19.4. The van der Waals surface area contributed by atoms with Gasteiger partial charge in [-0.1, -0.05) is 30.4 Å². The van der Waals surface area contributed by atoms with E-state index in [0.29, 0.717) is 5.69 Å². The fourth-order valence-electron chi connectivity index (χ4n) is 3.86. The van der Waals surface area contributed by atoms with Crippen LogP contribution in [0, 0.1) is 11.8 Å². The van der Waals surface area contributed by atoms with Gasteiger partial charge in [0.25, 0.3) is 0 Å². The molecule has 2 saturated heterocycles. The van der Waals surface area contributed by atoms with E-state index in [1.165, 1.54) is 6.08 Å². The number of rotatable bonds is 3. The van der Waals surface area contributed by atoms with E-state index >= 15 is 0 Å². The van der Waals surface area contributed by atoms with Crippen LogP contribution < -0.4 is 10.2 Å². The summed E-state index contributed by atoms with van der Waals surface area (Å²) in [5.74, 6) is -4.90. The highest BCUT2D eigenvalue weighted by molar-refractivity contribution is 6.23. The van der Waals surface area contributed by atoms with Crippen LogP contribution >= 0.6 is 0 Å². The van der Waals surface area contributed by atoms with E-state index in [9.17, 15) is 27.6 Å². The number of nitrogens with zero attached hydrogens (tertiary/aromatic N) is 1. The highest BCUT2D eigenvalue weighted by Crippen LogP contribution is 2.52. The minimum atomic E-state index is -5.04. The lowest BCUT2D eigenvalue weighted by molar-refractivity contribution is -0.174. The number of halogens is 3. The van der Waals surface area contributed by atoms with Gasteiger partial charge >= 0.3 is 12.1 Å². The van der Waals surface area contributed by atoms with E-state index in [4.69, 9.17) is 4.74 Å². The number of amides is 3. The lowest BCUT2D eigenvalue weighted by Crippen LogP contribution is -2.51. The summed E-state index contributed by atoms with van der Waals surface area (Å²) in [4.78, 5) is 37.8. The maximum absolute atomic E-state index is 12.9. The molecule has 9 heteroatoms. The molecule has 4 atom stereocenters. The summed E-state index contributed by atoms with van der Waals surface area (Å²) in [6.07, 6.45) is -2.72. The Hall–Kier alpha value is -2.68. The van der Waals surface area contributed by atoms with Gasteiger partial charge in [-0.25, -0.2) is 4.90 Å². The van der Waals surface area contributed by atoms with Crippen molar-refractivity contribution in [1.82, 2.24) is 5.32 Å². The largest absolute Gasteiger partial charge is 0.471 e. The lowest BCUT2D eigenvalue weighted by atomic mass is 9.77. The minimum absolute atomic E-state index is 0.394. The number of imide groups is 1. The summed E-state index contributed by atoms with van der Waals surface area (Å²) in [7, 11) is 0. The van der Waals surface area contributed by atoms with Crippen molar-refractivity contribution >= 4 is 23.4 Å². The maximum atomic E-state index is 12.9. The number of nitrogens with one attached hydrogen (secondary N) is 1. The van der Waals surface area contributed by atoms with E-state index in [1.54, 1.807) is 41.7 Å². The van der Waals surface area contributed by atoms with Gasteiger partial charge in [-0.2, -0.15) is 13.2 Å². The Kier molecular flexibility index (Phi) is 3.49. The quantitative estimate of drug-likeness (QED) is 0.644. The highest BCUT2D eigenvalue weighted by Gasteiger charge is 2.68. The topological polar surface area (TPSA) is 75.7 Å². The summed E-state index contributed by atoms with van der Waals surface area (Å²) in [6.45, 7) is -0.541. The number of alkyl halides is 3. The first-order valence-corrected chi connectivity index (χ1v) is 7.90. The van der Waals surface area contributed by atoms with E-state index < -0.39 is 54.0 Å². The molecular formula is C17H13F3N2O4. The summed E-state index contributed by atoms with van der Waals surface area (Å²) >= 11 is 0. The molecule has 3 heterocycles. The molecule has 0 aliphatic carbocycles. The van der Waals surface area contributed by atoms with Crippen LogP contribution in [0.4, 0.5) is 18.9 Å². The van der Waals surface area contributed by atoms with E-state index in [1.807, 2.05) is 0 Å². The summed E-state index contributed by atoms with van der Waals surface area (Å²) in [6, 6.07) is 8.29. The first-order chi connectivity index (χ1) is 12.2. The van der Waals surface area contributed by atoms with Gasteiger partial charge in [0.1, 0.15) is 5.60 Å². The van der Waals surface area contributed by atoms with Gasteiger partial charge in [-0.3, -0.25) is 14.4 Å². The molecule has 0 radical (unpaired) electrons. The minimum Gasteiger partial charge on any atom is -0.360 e. The standard InChI is InChI=1S/C17H13F3N2O4/c18-17(19,20)15(25)21-8-16-7-6-10(26-16)11-12(16)14(24)22(13(11)23)9-4-2-1-3-5-9/h1-7,10-12H,8H2,(H,21,25)/t10-,11+,12-,16+/m1/s1. The van der Waals surface area contributed by atoms with Crippen molar-refractivity contribution in [1.29, 1.82) is 0 Å². The molecular weight excluding hydrogens is 353 g/mol. The number of carbonyl (C=O) groups is 3. The van der Waals surface area contributed by atoms with Crippen LogP contribution in [0.3, 0.4) is 0 Å². The number of para-hydroxylation sites is 1. The van der Waals surface area contributed by atoms with Crippen LogP contribution in [0.2, 0.25) is 0 Å². The SMILES string of the molecule is O=C1[C@H]2[C@H]3C=C[C@@](CNC(=O)C(F)(F)F)(O3)[C@H]2C(=O)N1c1ccccc1. The zero-order valence-electron chi connectivity index (χ0n) is 13.2. The number of benzene rings is 1. The number of hydrogen-bond donors (Lipinski definition) is 1. The van der Waals surface area contributed by atoms with Gasteiger partial charge in [-0.15, -0.1) is 0 Å². The molecule has 2 bridgehead atoms. The molecule has 0 aromatic heterocycles. The molecule has 4 rings (SSSR count). The van der Waals surface area contributed by atoms with Crippen molar-refractivity contribution in [3.63, 3.8) is 0 Å². The Balaban J connectivity index is 1.62. The van der Waals surface area contributed by atoms with Crippen molar-refractivity contribution in [2.24, 2.45) is 11.8 Å². The second-order valence-electron chi connectivity index (χ2n) is 6.43. The third-order valence-electron chi connectivity index (χ3n) is 4.95.